The number of pyridine rings is 1. The van der Waals surface area contributed by atoms with Gasteiger partial charge in [-0.05, 0) is 34.7 Å². The van der Waals surface area contributed by atoms with E-state index in [1.165, 1.54) is 0 Å². The van der Waals surface area contributed by atoms with Gasteiger partial charge < -0.3 is 9.72 Å². The second kappa shape index (κ2) is 4.32. The van der Waals surface area contributed by atoms with Crippen molar-refractivity contribution in [3.8, 4) is 0 Å². The van der Waals surface area contributed by atoms with E-state index in [2.05, 4.69) is 27.6 Å². The smallest absolute Gasteiger partial charge is 0.189 e. The Morgan fingerprint density at radius 1 is 1.47 bits per heavy atom. The molecule has 2 aromatic rings. The van der Waals surface area contributed by atoms with Gasteiger partial charge in [-0.25, -0.2) is 0 Å². The number of rotatable bonds is 2. The van der Waals surface area contributed by atoms with E-state index in [1.54, 1.807) is 13.2 Å². The summed E-state index contributed by atoms with van der Waals surface area (Å²) in [6, 6.07) is 7.26. The zero-order chi connectivity index (χ0) is 10.8. The maximum Gasteiger partial charge on any atom is 0.189 e. The van der Waals surface area contributed by atoms with Crippen LogP contribution in [0.5, 0.6) is 0 Å². The number of aromatic amines is 1. The number of benzene rings is 1. The van der Waals surface area contributed by atoms with Crippen LogP contribution in [0.15, 0.2) is 29.1 Å². The first-order valence-corrected chi connectivity index (χ1v) is 5.59. The Hall–Kier alpha value is -0.880. The monoisotopic (exact) mass is 315 g/mol. The third-order valence-electron chi connectivity index (χ3n) is 2.17. The van der Waals surface area contributed by atoms with Crippen LogP contribution >= 0.6 is 22.6 Å². The number of aromatic nitrogens is 1. The van der Waals surface area contributed by atoms with Crippen molar-refractivity contribution in [2.45, 2.75) is 6.61 Å². The number of methoxy groups -OCH3 is 1. The number of H-pyrrole nitrogens is 1. The molecule has 0 bridgehead atoms. The minimum atomic E-state index is 0.0364. The summed E-state index contributed by atoms with van der Waals surface area (Å²) < 4.78 is 6.04. The molecule has 4 heteroatoms. The molecule has 1 aromatic carbocycles. The fourth-order valence-electron chi connectivity index (χ4n) is 1.52. The SMILES string of the molecule is COCc1cc(=O)c2cccc(I)c2[nH]1. The first kappa shape index (κ1) is 10.6. The Bertz CT molecular complexity index is 548. The molecule has 0 saturated carbocycles. The molecule has 1 heterocycles. The van der Waals surface area contributed by atoms with Crippen LogP contribution in [0.25, 0.3) is 10.9 Å². The lowest BCUT2D eigenvalue weighted by molar-refractivity contribution is 0.181. The highest BCUT2D eigenvalue weighted by Crippen LogP contribution is 2.16. The third-order valence-corrected chi connectivity index (χ3v) is 3.07. The van der Waals surface area contributed by atoms with Crippen molar-refractivity contribution in [3.05, 3.63) is 43.8 Å². The van der Waals surface area contributed by atoms with Crippen molar-refractivity contribution < 1.29 is 4.74 Å². The number of fused-ring (bicyclic) bond motifs is 1. The largest absolute Gasteiger partial charge is 0.378 e. The summed E-state index contributed by atoms with van der Waals surface area (Å²) in [6.45, 7) is 0.427. The zero-order valence-corrected chi connectivity index (χ0v) is 10.4. The van der Waals surface area contributed by atoms with Gasteiger partial charge in [-0.15, -0.1) is 0 Å². The maximum absolute atomic E-state index is 11.7. The molecule has 0 spiro atoms. The minimum absolute atomic E-state index is 0.0364. The second-order valence-electron chi connectivity index (χ2n) is 3.25. The van der Waals surface area contributed by atoms with Crippen molar-refractivity contribution in [2.75, 3.05) is 7.11 Å². The van der Waals surface area contributed by atoms with Crippen molar-refractivity contribution in [1.29, 1.82) is 0 Å². The normalized spacial score (nSPS) is 10.8. The van der Waals surface area contributed by atoms with Gasteiger partial charge in [-0.3, -0.25) is 4.79 Å². The Morgan fingerprint density at radius 2 is 2.27 bits per heavy atom. The molecular formula is C11H10INO2. The molecule has 2 rings (SSSR count). The highest BCUT2D eigenvalue weighted by Gasteiger charge is 2.04. The highest BCUT2D eigenvalue weighted by atomic mass is 127. The van der Waals surface area contributed by atoms with Gasteiger partial charge in [0, 0.05) is 27.8 Å². The van der Waals surface area contributed by atoms with E-state index >= 15 is 0 Å². The minimum Gasteiger partial charge on any atom is -0.378 e. The summed E-state index contributed by atoms with van der Waals surface area (Å²) in [6.07, 6.45) is 0. The summed E-state index contributed by atoms with van der Waals surface area (Å²) in [5, 5.41) is 0.724. The summed E-state index contributed by atoms with van der Waals surface area (Å²) in [7, 11) is 1.61. The van der Waals surface area contributed by atoms with Gasteiger partial charge in [-0.1, -0.05) is 6.07 Å². The fourth-order valence-corrected chi connectivity index (χ4v) is 2.16. The zero-order valence-electron chi connectivity index (χ0n) is 8.21. The Morgan fingerprint density at radius 3 is 3.00 bits per heavy atom. The van der Waals surface area contributed by atoms with Crippen LogP contribution in [0.2, 0.25) is 0 Å². The van der Waals surface area contributed by atoms with E-state index in [4.69, 9.17) is 4.74 Å². The van der Waals surface area contributed by atoms with Gasteiger partial charge in [0.2, 0.25) is 0 Å². The van der Waals surface area contributed by atoms with Crippen molar-refractivity contribution in [2.24, 2.45) is 0 Å². The predicted molar refractivity (Wildman–Crippen MR) is 68.0 cm³/mol. The molecule has 0 unspecified atom stereocenters. The lowest BCUT2D eigenvalue weighted by atomic mass is 10.2. The number of hydrogen-bond acceptors (Lipinski definition) is 2. The Labute approximate surface area is 101 Å². The molecule has 0 radical (unpaired) electrons. The van der Waals surface area contributed by atoms with Gasteiger partial charge in [0.1, 0.15) is 0 Å². The summed E-state index contributed by atoms with van der Waals surface area (Å²) in [5.74, 6) is 0. The predicted octanol–water partition coefficient (Wildman–Crippen LogP) is 2.28. The van der Waals surface area contributed by atoms with Crippen LogP contribution in [0.4, 0.5) is 0 Å². The average Bonchev–Trinajstić information content (AvgIpc) is 2.20. The molecule has 1 N–H and O–H groups in total. The summed E-state index contributed by atoms with van der Waals surface area (Å²) in [4.78, 5) is 15.0. The van der Waals surface area contributed by atoms with Gasteiger partial charge in [0.15, 0.2) is 5.43 Å². The van der Waals surface area contributed by atoms with Crippen molar-refractivity contribution in [1.82, 2.24) is 4.98 Å². The number of hydrogen-bond donors (Lipinski definition) is 1. The molecule has 0 atom stereocenters. The molecule has 78 valence electrons. The van der Waals surface area contributed by atoms with Crippen molar-refractivity contribution >= 4 is 33.5 Å². The van der Waals surface area contributed by atoms with E-state index in [0.717, 1.165) is 20.2 Å². The number of ether oxygens (including phenoxy) is 1. The molecule has 15 heavy (non-hydrogen) atoms. The van der Waals surface area contributed by atoms with Crippen LogP contribution in [0, 0.1) is 3.57 Å². The van der Waals surface area contributed by atoms with Crippen LogP contribution in [0.3, 0.4) is 0 Å². The van der Waals surface area contributed by atoms with Crippen LogP contribution in [-0.2, 0) is 11.3 Å². The van der Waals surface area contributed by atoms with E-state index in [1.807, 2.05) is 18.2 Å². The van der Waals surface area contributed by atoms with E-state index in [9.17, 15) is 4.79 Å². The van der Waals surface area contributed by atoms with E-state index < -0.39 is 0 Å². The van der Waals surface area contributed by atoms with Gasteiger partial charge >= 0.3 is 0 Å². The number of halogens is 1. The average molecular weight is 315 g/mol. The highest BCUT2D eigenvalue weighted by molar-refractivity contribution is 14.1. The van der Waals surface area contributed by atoms with Crippen LogP contribution in [-0.4, -0.2) is 12.1 Å². The Balaban J connectivity index is 2.74. The first-order chi connectivity index (χ1) is 7.22. The topological polar surface area (TPSA) is 42.1 Å². The summed E-state index contributed by atoms with van der Waals surface area (Å²) >= 11 is 2.21. The van der Waals surface area contributed by atoms with Gasteiger partial charge in [0.25, 0.3) is 0 Å². The second-order valence-corrected chi connectivity index (χ2v) is 4.42. The fraction of sp³-hybridized carbons (Fsp3) is 0.182. The summed E-state index contributed by atoms with van der Waals surface area (Å²) in [5.41, 5.74) is 1.73. The first-order valence-electron chi connectivity index (χ1n) is 4.51. The molecule has 0 amide bonds. The number of para-hydroxylation sites is 1. The molecule has 0 aliphatic heterocycles. The van der Waals surface area contributed by atoms with Crippen LogP contribution in [0.1, 0.15) is 5.69 Å². The molecule has 1 aromatic heterocycles. The quantitative estimate of drug-likeness (QED) is 0.864. The standard InChI is InChI=1S/C11H10INO2/c1-15-6-7-5-10(14)8-3-2-4-9(12)11(8)13-7/h2-5H,6H2,1H3,(H,13,14). The van der Waals surface area contributed by atoms with Crippen molar-refractivity contribution in [3.63, 3.8) is 0 Å². The van der Waals surface area contributed by atoms with E-state index in [0.29, 0.717) is 6.61 Å². The molecule has 0 aliphatic carbocycles. The molecule has 0 saturated heterocycles. The van der Waals surface area contributed by atoms with Crippen LogP contribution < -0.4 is 5.43 Å². The molecular weight excluding hydrogens is 305 g/mol. The lowest BCUT2D eigenvalue weighted by Gasteiger charge is -2.04. The maximum atomic E-state index is 11.7. The molecule has 0 fully saturated rings. The molecule has 3 nitrogen and oxygen atoms in total. The van der Waals surface area contributed by atoms with Gasteiger partial charge in [-0.2, -0.15) is 0 Å². The Kier molecular flexibility index (Phi) is 3.06. The molecule has 0 aliphatic rings. The number of nitrogens with one attached hydrogen (secondary N) is 1. The van der Waals surface area contributed by atoms with E-state index in [-0.39, 0.29) is 5.43 Å². The third kappa shape index (κ3) is 2.05. The lowest BCUT2D eigenvalue weighted by Crippen LogP contribution is -2.06. The van der Waals surface area contributed by atoms with Gasteiger partial charge in [0.05, 0.1) is 12.1 Å².